The Morgan fingerprint density at radius 1 is 1.44 bits per heavy atom. The summed E-state index contributed by atoms with van der Waals surface area (Å²) in [5, 5.41) is 16.1. The van der Waals surface area contributed by atoms with Crippen molar-refractivity contribution in [1.82, 2.24) is 4.90 Å². The summed E-state index contributed by atoms with van der Waals surface area (Å²) >= 11 is 0. The molecule has 0 aromatic heterocycles. The number of alkyl halides is 2. The van der Waals surface area contributed by atoms with E-state index in [0.29, 0.717) is 11.3 Å². The Labute approximate surface area is 156 Å². The van der Waals surface area contributed by atoms with E-state index in [1.165, 1.54) is 6.07 Å². The van der Waals surface area contributed by atoms with Crippen LogP contribution >= 0.6 is 0 Å². The van der Waals surface area contributed by atoms with Crippen molar-refractivity contribution >= 4 is 23.5 Å². The minimum absolute atomic E-state index is 0.286. The molecular formula is C18H25F2N4O3+. The number of hydrogen-bond acceptors (Lipinski definition) is 4. The predicted molar refractivity (Wildman–Crippen MR) is 99.8 cm³/mol. The van der Waals surface area contributed by atoms with E-state index in [9.17, 15) is 13.6 Å². The molecule has 148 valence electrons. The molecule has 1 aromatic rings. The van der Waals surface area contributed by atoms with E-state index in [1.807, 2.05) is 0 Å². The summed E-state index contributed by atoms with van der Waals surface area (Å²) in [6.07, 6.45) is -1.67. The Kier molecular flexibility index (Phi) is 5.44. The van der Waals surface area contributed by atoms with Crippen molar-refractivity contribution < 1.29 is 23.4 Å². The highest BCUT2D eigenvalue weighted by atomic mass is 19.3. The third-order valence-electron chi connectivity index (χ3n) is 4.00. The fourth-order valence-corrected chi connectivity index (χ4v) is 2.62. The molecule has 0 radical (unpaired) electrons. The van der Waals surface area contributed by atoms with Crippen LogP contribution < -0.4 is 5.73 Å². The van der Waals surface area contributed by atoms with E-state index in [-0.39, 0.29) is 5.84 Å². The maximum Gasteiger partial charge on any atom is 0.411 e. The number of nitrogens with two attached hydrogens (primary N) is 1. The van der Waals surface area contributed by atoms with Crippen molar-refractivity contribution in [2.75, 3.05) is 12.3 Å². The topological polar surface area (TPSA) is 115 Å². The average Bonchev–Trinajstić information content (AvgIpc) is 2.84. The number of aliphatic imine (C=N–C) groups is 1. The SMILES string of the molecule is Cc1ccc(C(=N)N=C([OH2+])[C@@H]2CC(F)(F)CN2C(=O)OC(C)(C)C)cc1N. The first-order valence-electron chi connectivity index (χ1n) is 8.42. The summed E-state index contributed by atoms with van der Waals surface area (Å²) in [6.45, 7) is 5.83. The van der Waals surface area contributed by atoms with Crippen LogP contribution in [0, 0.1) is 12.3 Å². The molecule has 7 nitrogen and oxygen atoms in total. The van der Waals surface area contributed by atoms with Crippen LogP contribution in [0.1, 0.15) is 38.3 Å². The van der Waals surface area contributed by atoms with Gasteiger partial charge >= 0.3 is 12.0 Å². The number of anilines is 1. The van der Waals surface area contributed by atoms with Crippen molar-refractivity contribution in [2.45, 2.75) is 51.7 Å². The smallest absolute Gasteiger partial charge is 0.411 e. The lowest BCUT2D eigenvalue weighted by Crippen LogP contribution is -2.44. The molecule has 1 heterocycles. The van der Waals surface area contributed by atoms with Crippen molar-refractivity contribution in [3.63, 3.8) is 0 Å². The third kappa shape index (κ3) is 5.15. The molecule has 1 atom stereocenters. The van der Waals surface area contributed by atoms with Gasteiger partial charge in [0.25, 0.3) is 5.92 Å². The highest BCUT2D eigenvalue weighted by Crippen LogP contribution is 2.33. The lowest BCUT2D eigenvalue weighted by molar-refractivity contribution is -0.00215. The molecule has 1 amide bonds. The Bertz CT molecular complexity index is 787. The molecular weight excluding hydrogens is 358 g/mol. The number of rotatable bonds is 2. The molecule has 2 rings (SSSR count). The molecule has 27 heavy (non-hydrogen) atoms. The number of benzene rings is 1. The fraction of sp³-hybridized carbons (Fsp3) is 0.500. The van der Waals surface area contributed by atoms with Crippen molar-refractivity contribution in [3.05, 3.63) is 29.3 Å². The van der Waals surface area contributed by atoms with Gasteiger partial charge in [-0.25, -0.2) is 13.6 Å². The average molecular weight is 383 g/mol. The van der Waals surface area contributed by atoms with Gasteiger partial charge in [0.1, 0.15) is 5.60 Å². The maximum absolute atomic E-state index is 13.9. The molecule has 0 unspecified atom stereocenters. The van der Waals surface area contributed by atoms with Gasteiger partial charge in [-0.3, -0.25) is 10.3 Å². The second kappa shape index (κ2) is 7.13. The van der Waals surface area contributed by atoms with Gasteiger partial charge in [-0.15, -0.1) is 4.99 Å². The van der Waals surface area contributed by atoms with Crippen LogP contribution in [0.25, 0.3) is 0 Å². The summed E-state index contributed by atoms with van der Waals surface area (Å²) in [5.41, 5.74) is 6.60. The van der Waals surface area contributed by atoms with Crippen molar-refractivity contribution in [2.24, 2.45) is 4.99 Å². The summed E-state index contributed by atoms with van der Waals surface area (Å²) < 4.78 is 33.0. The quantitative estimate of drug-likeness (QED) is 0.354. The summed E-state index contributed by atoms with van der Waals surface area (Å²) in [6, 6.07) is 3.58. The van der Waals surface area contributed by atoms with E-state index in [1.54, 1.807) is 39.8 Å². The lowest BCUT2D eigenvalue weighted by Gasteiger charge is -2.26. The Morgan fingerprint density at radius 3 is 2.63 bits per heavy atom. The van der Waals surface area contributed by atoms with Crippen LogP contribution in [0.15, 0.2) is 23.2 Å². The lowest BCUT2D eigenvalue weighted by atomic mass is 10.1. The Morgan fingerprint density at radius 2 is 2.07 bits per heavy atom. The van der Waals surface area contributed by atoms with Gasteiger partial charge in [-0.05, 0) is 39.3 Å². The number of nitrogens with one attached hydrogen (secondary N) is 1. The van der Waals surface area contributed by atoms with Crippen molar-refractivity contribution in [1.29, 1.82) is 5.41 Å². The maximum atomic E-state index is 13.9. The molecule has 0 aliphatic carbocycles. The van der Waals surface area contributed by atoms with Gasteiger partial charge in [-0.2, -0.15) is 0 Å². The third-order valence-corrected chi connectivity index (χ3v) is 4.00. The number of halogens is 2. The number of nitrogens with zero attached hydrogens (tertiary/aromatic N) is 2. The molecule has 1 saturated heterocycles. The monoisotopic (exact) mass is 383 g/mol. The zero-order valence-electron chi connectivity index (χ0n) is 15.8. The van der Waals surface area contributed by atoms with E-state index in [4.69, 9.17) is 21.0 Å². The number of amides is 1. The molecule has 0 saturated carbocycles. The van der Waals surface area contributed by atoms with Crippen LogP contribution in [-0.2, 0) is 4.74 Å². The van der Waals surface area contributed by atoms with Gasteiger partial charge < -0.3 is 15.6 Å². The molecule has 9 heteroatoms. The first-order valence-corrected chi connectivity index (χ1v) is 8.42. The summed E-state index contributed by atoms with van der Waals surface area (Å²) in [5.74, 6) is -3.94. The van der Waals surface area contributed by atoms with Gasteiger partial charge in [0.2, 0.25) is 0 Å². The van der Waals surface area contributed by atoms with Crippen LogP contribution in [0.2, 0.25) is 0 Å². The number of likely N-dealkylation sites (tertiary alicyclic amines) is 1. The van der Waals surface area contributed by atoms with E-state index >= 15 is 0 Å². The first kappa shape index (κ1) is 20.6. The van der Waals surface area contributed by atoms with Crippen LogP contribution in [-0.4, -0.2) is 51.9 Å². The number of ether oxygens (including phenoxy) is 1. The number of carbonyl (C=O) groups is 1. The van der Waals surface area contributed by atoms with Gasteiger partial charge in [-0.1, -0.05) is 12.1 Å². The van der Waals surface area contributed by atoms with Gasteiger partial charge in [0, 0.05) is 17.7 Å². The molecule has 1 aliphatic rings. The fourth-order valence-electron chi connectivity index (χ4n) is 2.62. The number of aryl methyl sites for hydroxylation is 1. The van der Waals surface area contributed by atoms with Crippen LogP contribution in [0.3, 0.4) is 0 Å². The molecule has 0 bridgehead atoms. The standard InChI is InChI=1S/C18H24F2N4O3/c1-10-5-6-11(7-12(10)21)14(22)23-15(25)13-8-18(19,20)9-24(13)16(26)27-17(2,3)4/h5-7,13H,8-9,21H2,1-4H3,(H2,22,23,25)/p+1/t13-/m0/s1. The first-order chi connectivity index (χ1) is 12.3. The highest BCUT2D eigenvalue weighted by Gasteiger charge is 2.52. The van der Waals surface area contributed by atoms with Crippen LogP contribution in [0.5, 0.6) is 0 Å². The molecule has 1 fully saturated rings. The second-order valence-corrected chi connectivity index (χ2v) is 7.60. The molecule has 0 spiro atoms. The largest absolute Gasteiger partial charge is 0.580 e. The molecule has 1 aromatic carbocycles. The zero-order chi connectivity index (χ0) is 20.6. The number of amidine groups is 1. The van der Waals surface area contributed by atoms with E-state index < -0.39 is 42.5 Å². The van der Waals surface area contributed by atoms with E-state index in [0.717, 1.165) is 10.5 Å². The second-order valence-electron chi connectivity index (χ2n) is 7.60. The minimum Gasteiger partial charge on any atom is -0.580 e. The minimum atomic E-state index is -3.15. The predicted octanol–water partition coefficient (Wildman–Crippen LogP) is 2.67. The number of nitrogen functional groups attached to an aromatic ring is 1. The van der Waals surface area contributed by atoms with Gasteiger partial charge in [0.15, 0.2) is 11.9 Å². The molecule has 5 N–H and O–H groups in total. The highest BCUT2D eigenvalue weighted by molar-refractivity contribution is 6.05. The molecule has 1 aliphatic heterocycles. The van der Waals surface area contributed by atoms with Crippen LogP contribution in [0.4, 0.5) is 19.3 Å². The van der Waals surface area contributed by atoms with Crippen molar-refractivity contribution in [3.8, 4) is 0 Å². The van der Waals surface area contributed by atoms with E-state index in [2.05, 4.69) is 4.99 Å². The zero-order valence-corrected chi connectivity index (χ0v) is 15.8. The normalized spacial score (nSPS) is 19.9. The van der Waals surface area contributed by atoms with Gasteiger partial charge in [0.05, 0.1) is 6.54 Å². The number of carbonyl (C=O) groups excluding carboxylic acids is 1. The Hall–Kier alpha value is -2.71. The Balaban J connectivity index is 2.26. The summed E-state index contributed by atoms with van der Waals surface area (Å²) in [4.78, 5) is 16.9. The summed E-state index contributed by atoms with van der Waals surface area (Å²) in [7, 11) is 0. The number of hydrogen-bond donors (Lipinski definition) is 2.